The molecule has 1 aromatic carbocycles. The number of piperidine rings is 1. The minimum absolute atomic E-state index is 0.0646. The largest absolute Gasteiger partial charge is 0.497 e. The van der Waals surface area contributed by atoms with Crippen LogP contribution in [0.4, 0.5) is 0 Å². The fourth-order valence-corrected chi connectivity index (χ4v) is 5.67. The van der Waals surface area contributed by atoms with E-state index < -0.39 is 10.0 Å². The number of imidazole rings is 1. The molecule has 2 aromatic rings. The Kier molecular flexibility index (Phi) is 5.44. The minimum atomic E-state index is -3.49. The van der Waals surface area contributed by atoms with Crippen molar-refractivity contribution in [1.82, 2.24) is 13.9 Å². The summed E-state index contributed by atoms with van der Waals surface area (Å²) in [6.45, 7) is 3.85. The fraction of sp³-hybridized carbons (Fsp3) is 0.550. The van der Waals surface area contributed by atoms with Crippen LogP contribution in [0.2, 0.25) is 0 Å². The van der Waals surface area contributed by atoms with Gasteiger partial charge in [-0.1, -0.05) is 0 Å². The highest BCUT2D eigenvalue weighted by atomic mass is 32.2. The van der Waals surface area contributed by atoms with Gasteiger partial charge in [0.1, 0.15) is 17.7 Å². The number of hydrogen-bond acceptors (Lipinski definition) is 5. The number of ether oxygens (including phenoxy) is 2. The Bertz CT molecular complexity index is 909. The zero-order valence-corrected chi connectivity index (χ0v) is 17.2. The summed E-state index contributed by atoms with van der Waals surface area (Å²) in [5.41, 5.74) is 1.11. The number of benzene rings is 1. The lowest BCUT2D eigenvalue weighted by molar-refractivity contribution is 0.0982. The fourth-order valence-electron chi connectivity index (χ4n) is 4.20. The Morgan fingerprint density at radius 3 is 2.46 bits per heavy atom. The zero-order valence-electron chi connectivity index (χ0n) is 16.4. The minimum Gasteiger partial charge on any atom is -0.497 e. The number of aryl methyl sites for hydroxylation is 1. The highest BCUT2D eigenvalue weighted by Gasteiger charge is 2.33. The summed E-state index contributed by atoms with van der Waals surface area (Å²) in [4.78, 5) is 4.91. The standard InChI is InChI=1S/C20H27N3O4S/c1-15-14-21-20(19-4-3-13-27-19)23(15)16-9-11-22(12-10-16)28(24,25)18-7-5-17(26-2)6-8-18/h5-8,14,16,19H,3-4,9-13H2,1-2H3. The van der Waals surface area contributed by atoms with Crippen LogP contribution in [-0.2, 0) is 14.8 Å². The number of aromatic nitrogens is 2. The van der Waals surface area contributed by atoms with Crippen molar-refractivity contribution >= 4 is 10.0 Å². The van der Waals surface area contributed by atoms with Crippen LogP contribution < -0.4 is 4.74 Å². The molecule has 0 saturated carbocycles. The van der Waals surface area contributed by atoms with E-state index in [-0.39, 0.29) is 12.1 Å². The van der Waals surface area contributed by atoms with Gasteiger partial charge in [0.05, 0.1) is 12.0 Å². The molecule has 28 heavy (non-hydrogen) atoms. The quantitative estimate of drug-likeness (QED) is 0.764. The molecule has 0 aliphatic carbocycles. The number of sulfonamides is 1. The second kappa shape index (κ2) is 7.85. The van der Waals surface area contributed by atoms with E-state index in [4.69, 9.17) is 9.47 Å². The average Bonchev–Trinajstić information content (AvgIpc) is 3.37. The van der Waals surface area contributed by atoms with Crippen molar-refractivity contribution in [2.45, 2.75) is 49.6 Å². The predicted molar refractivity (Wildman–Crippen MR) is 105 cm³/mol. The predicted octanol–water partition coefficient (Wildman–Crippen LogP) is 3.08. The molecule has 0 radical (unpaired) electrons. The SMILES string of the molecule is COc1ccc(S(=O)(=O)N2CCC(n3c(C)cnc3C3CCCO3)CC2)cc1. The van der Waals surface area contributed by atoms with E-state index in [2.05, 4.69) is 16.5 Å². The molecule has 152 valence electrons. The molecule has 7 nitrogen and oxygen atoms in total. The lowest BCUT2D eigenvalue weighted by Crippen LogP contribution is -2.39. The van der Waals surface area contributed by atoms with Crippen molar-refractivity contribution in [3.8, 4) is 5.75 Å². The van der Waals surface area contributed by atoms with Gasteiger partial charge in [0.15, 0.2) is 0 Å². The van der Waals surface area contributed by atoms with E-state index in [9.17, 15) is 8.42 Å². The van der Waals surface area contributed by atoms with E-state index in [1.807, 2.05) is 6.20 Å². The lowest BCUT2D eigenvalue weighted by atomic mass is 10.1. The van der Waals surface area contributed by atoms with E-state index in [1.54, 1.807) is 35.7 Å². The molecule has 0 spiro atoms. The summed E-state index contributed by atoms with van der Waals surface area (Å²) in [5.74, 6) is 1.64. The van der Waals surface area contributed by atoms with Gasteiger partial charge in [-0.2, -0.15) is 4.31 Å². The molecule has 1 unspecified atom stereocenters. The Morgan fingerprint density at radius 2 is 1.86 bits per heavy atom. The summed E-state index contributed by atoms with van der Waals surface area (Å²) in [5, 5.41) is 0. The van der Waals surface area contributed by atoms with Gasteiger partial charge >= 0.3 is 0 Å². The monoisotopic (exact) mass is 405 g/mol. The average molecular weight is 406 g/mol. The summed E-state index contributed by atoms with van der Waals surface area (Å²) < 4.78 is 40.8. The summed E-state index contributed by atoms with van der Waals surface area (Å²) >= 11 is 0. The molecule has 1 atom stereocenters. The lowest BCUT2D eigenvalue weighted by Gasteiger charge is -2.33. The molecule has 4 rings (SSSR count). The molecule has 2 fully saturated rings. The first-order valence-electron chi connectivity index (χ1n) is 9.80. The number of rotatable bonds is 5. The maximum Gasteiger partial charge on any atom is 0.243 e. The van der Waals surface area contributed by atoms with Crippen molar-refractivity contribution < 1.29 is 17.9 Å². The Hall–Kier alpha value is -1.90. The van der Waals surface area contributed by atoms with Crippen LogP contribution in [0.25, 0.3) is 0 Å². The van der Waals surface area contributed by atoms with E-state index >= 15 is 0 Å². The molecule has 0 amide bonds. The second-order valence-electron chi connectivity index (χ2n) is 7.44. The van der Waals surface area contributed by atoms with Crippen LogP contribution in [0, 0.1) is 6.92 Å². The van der Waals surface area contributed by atoms with Crippen molar-refractivity contribution in [2.75, 3.05) is 26.8 Å². The van der Waals surface area contributed by atoms with Gasteiger partial charge in [-0.25, -0.2) is 13.4 Å². The topological polar surface area (TPSA) is 73.7 Å². The highest BCUT2D eigenvalue weighted by molar-refractivity contribution is 7.89. The first kappa shape index (κ1) is 19.4. The van der Waals surface area contributed by atoms with Crippen LogP contribution in [0.1, 0.15) is 49.3 Å². The molecule has 2 aliphatic rings. The van der Waals surface area contributed by atoms with Crippen molar-refractivity contribution in [1.29, 1.82) is 0 Å². The molecule has 8 heteroatoms. The summed E-state index contributed by atoms with van der Waals surface area (Å²) in [7, 11) is -1.92. The van der Waals surface area contributed by atoms with Crippen LogP contribution in [-0.4, -0.2) is 49.1 Å². The van der Waals surface area contributed by atoms with Gasteiger partial charge in [-0.3, -0.25) is 0 Å². The van der Waals surface area contributed by atoms with Gasteiger partial charge in [0.25, 0.3) is 0 Å². The summed E-state index contributed by atoms with van der Waals surface area (Å²) in [6, 6.07) is 6.83. The molecule has 1 aromatic heterocycles. The van der Waals surface area contributed by atoms with Crippen LogP contribution in [0.3, 0.4) is 0 Å². The maximum atomic E-state index is 13.0. The number of methoxy groups -OCH3 is 1. The van der Waals surface area contributed by atoms with Crippen LogP contribution in [0.15, 0.2) is 35.4 Å². The Morgan fingerprint density at radius 1 is 1.14 bits per heavy atom. The third kappa shape index (κ3) is 3.56. The van der Waals surface area contributed by atoms with Gasteiger partial charge in [0.2, 0.25) is 10.0 Å². The molecule has 2 aliphatic heterocycles. The van der Waals surface area contributed by atoms with E-state index in [0.717, 1.165) is 43.8 Å². The molecular weight excluding hydrogens is 378 g/mol. The third-order valence-electron chi connectivity index (χ3n) is 5.71. The van der Waals surface area contributed by atoms with Crippen LogP contribution >= 0.6 is 0 Å². The Labute approximate surface area is 166 Å². The smallest absolute Gasteiger partial charge is 0.243 e. The second-order valence-corrected chi connectivity index (χ2v) is 9.38. The maximum absolute atomic E-state index is 13.0. The molecule has 3 heterocycles. The number of hydrogen-bond donors (Lipinski definition) is 0. The van der Waals surface area contributed by atoms with Gasteiger partial charge in [-0.15, -0.1) is 0 Å². The molecule has 0 bridgehead atoms. The first-order chi connectivity index (χ1) is 13.5. The molecule has 2 saturated heterocycles. The van der Waals surface area contributed by atoms with Crippen molar-refractivity contribution in [2.24, 2.45) is 0 Å². The van der Waals surface area contributed by atoms with Crippen molar-refractivity contribution in [3.63, 3.8) is 0 Å². The highest BCUT2D eigenvalue weighted by Crippen LogP contribution is 2.34. The van der Waals surface area contributed by atoms with E-state index in [1.165, 1.54) is 0 Å². The summed E-state index contributed by atoms with van der Waals surface area (Å²) in [6.07, 6.45) is 5.57. The first-order valence-corrected chi connectivity index (χ1v) is 11.2. The van der Waals surface area contributed by atoms with Gasteiger partial charge in [-0.05, 0) is 56.9 Å². The van der Waals surface area contributed by atoms with Gasteiger partial charge < -0.3 is 14.0 Å². The molecule has 0 N–H and O–H groups in total. The van der Waals surface area contributed by atoms with E-state index in [0.29, 0.717) is 23.7 Å². The third-order valence-corrected chi connectivity index (χ3v) is 7.63. The van der Waals surface area contributed by atoms with Crippen molar-refractivity contribution in [3.05, 3.63) is 42.0 Å². The zero-order chi connectivity index (χ0) is 19.7. The molecular formula is C20H27N3O4S. The Balaban J connectivity index is 1.48. The van der Waals surface area contributed by atoms with Crippen LogP contribution in [0.5, 0.6) is 5.75 Å². The number of nitrogens with zero attached hydrogens (tertiary/aromatic N) is 3. The normalized spacial score (nSPS) is 21.9. The van der Waals surface area contributed by atoms with Gasteiger partial charge in [0, 0.05) is 37.6 Å².